The van der Waals surface area contributed by atoms with Crippen molar-refractivity contribution in [3.63, 3.8) is 0 Å². The number of anilines is 3. The summed E-state index contributed by atoms with van der Waals surface area (Å²) in [6, 6.07) is 16.2. The molecular formula is C43H47ClN10O5. The Morgan fingerprint density at radius 3 is 2.36 bits per heavy atom. The molecule has 1 spiro atoms. The van der Waals surface area contributed by atoms with Crippen LogP contribution in [0.5, 0.6) is 0 Å². The SMILES string of the molecule is C[C@H]1CC2(CCN(c3ccc(C(=O)N4CC[C@@H](CN5CCN(c6ccc7c(c6)C(=O)N(C6CCC(=O)NC6=O)C7=O)CC5)C4)nn3)CC2)CN1c1ccc(C#N)c(Cl)c1. The normalized spacial score (nSPS) is 24.6. The second-order valence-corrected chi connectivity index (χ2v) is 17.5. The second-order valence-electron chi connectivity index (χ2n) is 17.1. The minimum atomic E-state index is -0.986. The summed E-state index contributed by atoms with van der Waals surface area (Å²) in [5.41, 5.74) is 3.55. The Bertz CT molecular complexity index is 2250. The lowest BCUT2D eigenvalue weighted by Crippen LogP contribution is -2.54. The summed E-state index contributed by atoms with van der Waals surface area (Å²) in [5, 5.41) is 20.9. The van der Waals surface area contributed by atoms with E-state index in [1.165, 1.54) is 0 Å². The standard InChI is InChI=1S/C43H47ClN10O5/c1-27-22-43(26-53(27)31-3-2-29(23-45)34(44)21-31)11-14-51(15-12-43)37-8-6-35(47-48-37)42(59)52-13-10-28(25-52)24-49-16-18-50(19-17-49)30-4-5-32-33(20-30)41(58)54(40(32)57)36-7-9-38(55)46-39(36)56/h2-6,8,20-21,27-28,36H,7,9-19,22,24-26H2,1H3,(H,46,55,56)/t27-,28-,36?/m0/s1. The van der Waals surface area contributed by atoms with Crippen LogP contribution in [0.3, 0.4) is 0 Å². The van der Waals surface area contributed by atoms with E-state index in [1.54, 1.807) is 18.2 Å². The van der Waals surface area contributed by atoms with E-state index in [2.05, 4.69) is 48.1 Å². The average Bonchev–Trinajstić information content (AvgIpc) is 3.91. The Hall–Kier alpha value is -5.59. The predicted molar refractivity (Wildman–Crippen MR) is 219 cm³/mol. The third-order valence-corrected chi connectivity index (χ3v) is 13.8. The van der Waals surface area contributed by atoms with Crippen LogP contribution in [0.4, 0.5) is 17.2 Å². The summed E-state index contributed by atoms with van der Waals surface area (Å²) in [5.74, 6) is -0.961. The molecule has 2 aromatic carbocycles. The van der Waals surface area contributed by atoms with Gasteiger partial charge in [-0.3, -0.25) is 39.1 Å². The zero-order valence-electron chi connectivity index (χ0n) is 33.1. The summed E-state index contributed by atoms with van der Waals surface area (Å²) in [6.45, 7) is 10.3. The van der Waals surface area contributed by atoms with Crippen LogP contribution in [0, 0.1) is 22.7 Å². The van der Waals surface area contributed by atoms with Gasteiger partial charge in [0.05, 0.1) is 21.7 Å². The maximum atomic E-state index is 13.5. The van der Waals surface area contributed by atoms with Crippen LogP contribution in [0.15, 0.2) is 48.5 Å². The number of nitrogens with one attached hydrogen (secondary N) is 1. The van der Waals surface area contributed by atoms with Crippen molar-refractivity contribution in [3.8, 4) is 6.07 Å². The number of nitrogens with zero attached hydrogens (tertiary/aromatic N) is 9. The fourth-order valence-electron chi connectivity index (χ4n) is 10.2. The van der Waals surface area contributed by atoms with Crippen molar-refractivity contribution in [2.45, 2.75) is 57.5 Å². The molecule has 0 bridgehead atoms. The van der Waals surface area contributed by atoms with Gasteiger partial charge in [0.1, 0.15) is 12.1 Å². The molecule has 9 rings (SSSR count). The first kappa shape index (κ1) is 38.9. The highest BCUT2D eigenvalue weighted by atomic mass is 35.5. The molecule has 3 atom stereocenters. The fourth-order valence-corrected chi connectivity index (χ4v) is 10.4. The number of carbonyl (C=O) groups is 5. The van der Waals surface area contributed by atoms with E-state index in [9.17, 15) is 29.2 Å². The Labute approximate surface area is 347 Å². The summed E-state index contributed by atoms with van der Waals surface area (Å²) in [7, 11) is 0. The molecule has 5 saturated heterocycles. The Morgan fingerprint density at radius 2 is 1.64 bits per heavy atom. The second kappa shape index (κ2) is 15.5. The van der Waals surface area contributed by atoms with Crippen molar-refractivity contribution >= 4 is 58.3 Å². The number of imide groups is 2. The molecule has 0 radical (unpaired) electrons. The minimum absolute atomic E-state index is 0.0824. The molecule has 0 aliphatic carbocycles. The van der Waals surface area contributed by atoms with Gasteiger partial charge in [0, 0.05) is 89.3 Å². The van der Waals surface area contributed by atoms with Crippen molar-refractivity contribution in [3.05, 3.63) is 75.9 Å². The van der Waals surface area contributed by atoms with Crippen molar-refractivity contribution in [2.75, 3.05) is 80.1 Å². The van der Waals surface area contributed by atoms with Gasteiger partial charge in [0.25, 0.3) is 17.7 Å². The summed E-state index contributed by atoms with van der Waals surface area (Å²) in [6.07, 6.45) is 4.30. The number of hydrogen-bond acceptors (Lipinski definition) is 12. The van der Waals surface area contributed by atoms with Crippen molar-refractivity contribution < 1.29 is 24.0 Å². The topological polar surface area (TPSA) is 166 Å². The molecule has 7 heterocycles. The van der Waals surface area contributed by atoms with Crippen LogP contribution in [-0.4, -0.2) is 132 Å². The predicted octanol–water partition coefficient (Wildman–Crippen LogP) is 3.57. The smallest absolute Gasteiger partial charge is 0.274 e. The molecule has 6 aliphatic rings. The van der Waals surface area contributed by atoms with Crippen molar-refractivity contribution in [2.24, 2.45) is 11.3 Å². The van der Waals surface area contributed by atoms with Crippen LogP contribution in [-0.2, 0) is 9.59 Å². The first-order chi connectivity index (χ1) is 28.5. The van der Waals surface area contributed by atoms with Crippen LogP contribution in [0.2, 0.25) is 5.02 Å². The molecule has 1 aromatic heterocycles. The van der Waals surface area contributed by atoms with Crippen LogP contribution in [0.1, 0.15) is 82.2 Å². The molecule has 5 amide bonds. The number of nitriles is 1. The lowest BCUT2D eigenvalue weighted by Gasteiger charge is -2.39. The summed E-state index contributed by atoms with van der Waals surface area (Å²) in [4.78, 5) is 76.3. The van der Waals surface area contributed by atoms with Gasteiger partial charge in [0.2, 0.25) is 11.8 Å². The lowest BCUT2D eigenvalue weighted by molar-refractivity contribution is -0.136. The van der Waals surface area contributed by atoms with Gasteiger partial charge in [-0.15, -0.1) is 10.2 Å². The highest BCUT2D eigenvalue weighted by Gasteiger charge is 2.46. The first-order valence-corrected chi connectivity index (χ1v) is 21.0. The molecule has 16 heteroatoms. The lowest BCUT2D eigenvalue weighted by atomic mass is 9.77. The molecule has 3 aromatic rings. The number of fused-ring (bicyclic) bond motifs is 1. The Balaban J connectivity index is 0.733. The van der Waals surface area contributed by atoms with Gasteiger partial charge in [-0.1, -0.05) is 11.6 Å². The third kappa shape index (κ3) is 7.37. The van der Waals surface area contributed by atoms with E-state index in [-0.39, 0.29) is 35.3 Å². The summed E-state index contributed by atoms with van der Waals surface area (Å²) >= 11 is 6.37. The Morgan fingerprint density at radius 1 is 0.881 bits per heavy atom. The van der Waals surface area contributed by atoms with E-state index in [1.807, 2.05) is 35.2 Å². The zero-order chi connectivity index (χ0) is 41.0. The number of carbonyl (C=O) groups excluding carboxylic acids is 5. The van der Waals surface area contributed by atoms with Crippen LogP contribution < -0.4 is 20.0 Å². The number of aromatic nitrogens is 2. The molecule has 6 aliphatic heterocycles. The monoisotopic (exact) mass is 818 g/mol. The molecule has 1 N–H and O–H groups in total. The number of halogens is 1. The zero-order valence-corrected chi connectivity index (χ0v) is 33.9. The highest BCUT2D eigenvalue weighted by molar-refractivity contribution is 6.32. The highest BCUT2D eigenvalue weighted by Crippen LogP contribution is 2.46. The average molecular weight is 819 g/mol. The number of piperidine rings is 2. The number of amides is 5. The maximum absolute atomic E-state index is 13.5. The molecule has 1 unspecified atom stereocenters. The van der Waals surface area contributed by atoms with Gasteiger partial charge < -0.3 is 19.6 Å². The van der Waals surface area contributed by atoms with Crippen LogP contribution in [0.25, 0.3) is 0 Å². The number of rotatable bonds is 7. The van der Waals surface area contributed by atoms with Gasteiger partial charge in [0.15, 0.2) is 11.5 Å². The largest absolute Gasteiger partial charge is 0.369 e. The number of benzene rings is 2. The number of likely N-dealkylation sites (tertiary alicyclic amines) is 1. The molecule has 306 valence electrons. The fraction of sp³-hybridized carbons (Fsp3) is 0.488. The Kier molecular flexibility index (Phi) is 10.2. The molecule has 5 fully saturated rings. The van der Waals surface area contributed by atoms with Crippen molar-refractivity contribution in [1.82, 2.24) is 30.2 Å². The maximum Gasteiger partial charge on any atom is 0.274 e. The molecular weight excluding hydrogens is 772 g/mol. The quantitative estimate of drug-likeness (QED) is 0.345. The van der Waals surface area contributed by atoms with Gasteiger partial charge in [-0.05, 0) is 98.9 Å². The number of piperazine rings is 1. The third-order valence-electron chi connectivity index (χ3n) is 13.4. The van der Waals surface area contributed by atoms with E-state index < -0.39 is 29.7 Å². The summed E-state index contributed by atoms with van der Waals surface area (Å²) < 4.78 is 0. The van der Waals surface area contributed by atoms with Gasteiger partial charge in [-0.2, -0.15) is 5.26 Å². The van der Waals surface area contributed by atoms with E-state index in [0.717, 1.165) is 100 Å². The van der Waals surface area contributed by atoms with Gasteiger partial charge in [-0.25, -0.2) is 0 Å². The molecule has 15 nitrogen and oxygen atoms in total. The van der Waals surface area contributed by atoms with Crippen molar-refractivity contribution in [1.29, 1.82) is 5.26 Å². The molecule has 59 heavy (non-hydrogen) atoms. The minimum Gasteiger partial charge on any atom is -0.369 e. The number of hydrogen-bond donors (Lipinski definition) is 1. The van der Waals surface area contributed by atoms with Crippen LogP contribution >= 0.6 is 11.6 Å². The first-order valence-electron chi connectivity index (χ1n) is 20.7. The van der Waals surface area contributed by atoms with E-state index >= 15 is 0 Å². The molecule has 0 saturated carbocycles. The van der Waals surface area contributed by atoms with E-state index in [0.29, 0.717) is 41.3 Å². The van der Waals surface area contributed by atoms with E-state index in [4.69, 9.17) is 11.6 Å². The van der Waals surface area contributed by atoms with Gasteiger partial charge >= 0.3 is 0 Å².